The minimum atomic E-state index is -4.22. The van der Waals surface area contributed by atoms with Crippen molar-refractivity contribution in [3.05, 3.63) is 83.4 Å². The molecule has 1 saturated carbocycles. The zero-order valence-corrected chi connectivity index (χ0v) is 26.2. The van der Waals surface area contributed by atoms with E-state index in [1.807, 2.05) is 19.1 Å². The number of benzene rings is 3. The Labute approximate surface area is 258 Å². The molecule has 0 aromatic heterocycles. The molecule has 3 aromatic rings. The number of carbonyl (C=O) groups excluding carboxylic acids is 2. The number of carbonyl (C=O) groups is 2. The highest BCUT2D eigenvalue weighted by Crippen LogP contribution is 2.28. The van der Waals surface area contributed by atoms with Crippen LogP contribution in [0.2, 0.25) is 5.02 Å². The Morgan fingerprint density at radius 2 is 1.56 bits per heavy atom. The van der Waals surface area contributed by atoms with E-state index >= 15 is 0 Å². The Kier molecular flexibility index (Phi) is 10.9. The Bertz CT molecular complexity index is 1490. The summed E-state index contributed by atoms with van der Waals surface area (Å²) in [7, 11) is -1.16. The van der Waals surface area contributed by atoms with E-state index in [0.717, 1.165) is 35.6 Å². The molecule has 0 aliphatic heterocycles. The molecule has 1 unspecified atom stereocenters. The van der Waals surface area contributed by atoms with Crippen LogP contribution in [0.1, 0.15) is 44.6 Å². The minimum absolute atomic E-state index is 0.0196. The zero-order valence-electron chi connectivity index (χ0n) is 24.7. The molecule has 0 bridgehead atoms. The normalized spacial score (nSPS) is 14.1. The summed E-state index contributed by atoms with van der Waals surface area (Å²) in [5.41, 5.74) is 0.998. The molecule has 1 aliphatic rings. The predicted molar refractivity (Wildman–Crippen MR) is 167 cm³/mol. The highest BCUT2D eigenvalue weighted by Gasteiger charge is 2.34. The topological polar surface area (TPSA) is 105 Å². The van der Waals surface area contributed by atoms with Gasteiger partial charge in [0, 0.05) is 17.6 Å². The second-order valence-electron chi connectivity index (χ2n) is 10.5. The lowest BCUT2D eigenvalue weighted by molar-refractivity contribution is -0.140. The van der Waals surface area contributed by atoms with Crippen molar-refractivity contribution in [2.24, 2.45) is 0 Å². The summed E-state index contributed by atoms with van der Waals surface area (Å²) in [6.45, 7) is 1.40. The van der Waals surface area contributed by atoms with E-state index in [4.69, 9.17) is 21.1 Å². The zero-order chi connectivity index (χ0) is 31.0. The van der Waals surface area contributed by atoms with Gasteiger partial charge in [-0.05, 0) is 79.4 Å². The van der Waals surface area contributed by atoms with Gasteiger partial charge in [-0.1, -0.05) is 49.6 Å². The number of methoxy groups -OCH3 is 2. The number of amides is 2. The van der Waals surface area contributed by atoms with Gasteiger partial charge in [-0.25, -0.2) is 8.42 Å². The molecule has 3 aromatic carbocycles. The Morgan fingerprint density at radius 1 is 0.953 bits per heavy atom. The van der Waals surface area contributed by atoms with Crippen LogP contribution in [-0.2, 0) is 26.2 Å². The summed E-state index contributed by atoms with van der Waals surface area (Å²) in [5, 5.41) is 3.43. The molecule has 1 aliphatic carbocycles. The van der Waals surface area contributed by atoms with Crippen molar-refractivity contribution in [2.75, 3.05) is 25.1 Å². The fourth-order valence-corrected chi connectivity index (χ4v) is 6.84. The van der Waals surface area contributed by atoms with E-state index in [9.17, 15) is 18.0 Å². The second-order valence-corrected chi connectivity index (χ2v) is 12.7. The van der Waals surface area contributed by atoms with Gasteiger partial charge in [-0.3, -0.25) is 13.9 Å². The maximum absolute atomic E-state index is 14.2. The lowest BCUT2D eigenvalue weighted by Gasteiger charge is -2.33. The number of hydrogen-bond acceptors (Lipinski definition) is 6. The van der Waals surface area contributed by atoms with E-state index in [1.165, 1.54) is 30.2 Å². The van der Waals surface area contributed by atoms with E-state index < -0.39 is 28.5 Å². The SMILES string of the molecule is CCC(C(=O)NC1CCCC1)N(Cc1ccc(OC)cc1)C(=O)CN(c1cccc(Cl)c1)S(=O)(=O)c1ccc(OC)cc1. The van der Waals surface area contributed by atoms with Gasteiger partial charge in [0.05, 0.1) is 24.8 Å². The van der Waals surface area contributed by atoms with E-state index in [0.29, 0.717) is 22.9 Å². The summed E-state index contributed by atoms with van der Waals surface area (Å²) in [5.74, 6) is 0.379. The van der Waals surface area contributed by atoms with Gasteiger partial charge in [0.1, 0.15) is 24.1 Å². The van der Waals surface area contributed by atoms with Crippen molar-refractivity contribution < 1.29 is 27.5 Å². The second kappa shape index (κ2) is 14.6. The van der Waals surface area contributed by atoms with Gasteiger partial charge in [0.15, 0.2) is 0 Å². The van der Waals surface area contributed by atoms with Crippen molar-refractivity contribution in [3.8, 4) is 11.5 Å². The third-order valence-electron chi connectivity index (χ3n) is 7.62. The number of nitrogens with one attached hydrogen (secondary N) is 1. The molecule has 9 nitrogen and oxygen atoms in total. The van der Waals surface area contributed by atoms with Crippen molar-refractivity contribution in [1.82, 2.24) is 10.2 Å². The van der Waals surface area contributed by atoms with Gasteiger partial charge in [-0.15, -0.1) is 0 Å². The third kappa shape index (κ3) is 8.00. The standard InChI is InChI=1S/C32H38ClN3O6S/c1-4-30(32(38)34-25-9-5-6-10-25)35(21-23-12-14-27(41-2)15-13-23)31(37)22-36(26-11-7-8-24(33)20-26)43(39,40)29-18-16-28(42-3)17-19-29/h7-8,11-20,25,30H,4-6,9-10,21-22H2,1-3H3,(H,34,38). The fourth-order valence-electron chi connectivity index (χ4n) is 5.25. The van der Waals surface area contributed by atoms with Crippen molar-refractivity contribution in [3.63, 3.8) is 0 Å². The van der Waals surface area contributed by atoms with Crippen LogP contribution < -0.4 is 19.1 Å². The Morgan fingerprint density at radius 3 is 2.12 bits per heavy atom. The first-order valence-electron chi connectivity index (χ1n) is 14.3. The monoisotopic (exact) mass is 627 g/mol. The molecule has 0 radical (unpaired) electrons. The summed E-state index contributed by atoms with van der Waals surface area (Å²) in [4.78, 5) is 29.2. The molecule has 1 N–H and O–H groups in total. The Hall–Kier alpha value is -3.76. The summed E-state index contributed by atoms with van der Waals surface area (Å²) >= 11 is 6.25. The molecule has 1 atom stereocenters. The Balaban J connectivity index is 1.71. The van der Waals surface area contributed by atoms with Crippen LogP contribution in [-0.4, -0.2) is 58.0 Å². The van der Waals surface area contributed by atoms with Crippen LogP contribution in [0, 0.1) is 0 Å². The summed E-state index contributed by atoms with van der Waals surface area (Å²) in [6.07, 6.45) is 4.25. The van der Waals surface area contributed by atoms with Crippen molar-refractivity contribution >= 4 is 39.1 Å². The molecule has 11 heteroatoms. The highest BCUT2D eigenvalue weighted by molar-refractivity contribution is 7.92. The quantitative estimate of drug-likeness (QED) is 0.271. The molecule has 0 spiro atoms. The van der Waals surface area contributed by atoms with E-state index in [2.05, 4.69) is 5.32 Å². The van der Waals surface area contributed by atoms with E-state index in [-0.39, 0.29) is 29.1 Å². The van der Waals surface area contributed by atoms with Crippen LogP contribution in [0.5, 0.6) is 11.5 Å². The van der Waals surface area contributed by atoms with Crippen LogP contribution in [0.25, 0.3) is 0 Å². The van der Waals surface area contributed by atoms with E-state index in [1.54, 1.807) is 49.6 Å². The highest BCUT2D eigenvalue weighted by atomic mass is 35.5. The van der Waals surface area contributed by atoms with Crippen LogP contribution in [0.15, 0.2) is 77.7 Å². The van der Waals surface area contributed by atoms with Gasteiger partial charge in [0.2, 0.25) is 11.8 Å². The molecule has 0 heterocycles. The molecular weight excluding hydrogens is 590 g/mol. The lowest BCUT2D eigenvalue weighted by atomic mass is 10.1. The molecule has 230 valence electrons. The molecule has 1 fully saturated rings. The number of nitrogens with zero attached hydrogens (tertiary/aromatic N) is 2. The number of sulfonamides is 1. The number of anilines is 1. The fraction of sp³-hybridized carbons (Fsp3) is 0.375. The summed E-state index contributed by atoms with van der Waals surface area (Å²) in [6, 6.07) is 18.7. The predicted octanol–water partition coefficient (Wildman–Crippen LogP) is 5.42. The number of rotatable bonds is 13. The molecule has 4 rings (SSSR count). The van der Waals surface area contributed by atoms with Crippen LogP contribution in [0.3, 0.4) is 0 Å². The lowest BCUT2D eigenvalue weighted by Crippen LogP contribution is -2.53. The smallest absolute Gasteiger partial charge is 0.264 e. The van der Waals surface area contributed by atoms with Crippen molar-refractivity contribution in [1.29, 1.82) is 0 Å². The molecular formula is C32H38ClN3O6S. The minimum Gasteiger partial charge on any atom is -0.497 e. The molecule has 2 amide bonds. The third-order valence-corrected chi connectivity index (χ3v) is 9.65. The largest absolute Gasteiger partial charge is 0.497 e. The average Bonchev–Trinajstić information content (AvgIpc) is 3.53. The first-order chi connectivity index (χ1) is 20.7. The first kappa shape index (κ1) is 32.2. The molecule has 0 saturated heterocycles. The van der Waals surface area contributed by atoms with Crippen LogP contribution in [0.4, 0.5) is 5.69 Å². The maximum atomic E-state index is 14.2. The number of hydrogen-bond donors (Lipinski definition) is 1. The van der Waals surface area contributed by atoms with Gasteiger partial charge < -0.3 is 19.7 Å². The van der Waals surface area contributed by atoms with Gasteiger partial charge in [0.25, 0.3) is 10.0 Å². The van der Waals surface area contributed by atoms with Gasteiger partial charge in [-0.2, -0.15) is 0 Å². The van der Waals surface area contributed by atoms with Crippen LogP contribution >= 0.6 is 11.6 Å². The summed E-state index contributed by atoms with van der Waals surface area (Å²) < 4.78 is 39.5. The average molecular weight is 628 g/mol. The maximum Gasteiger partial charge on any atom is 0.264 e. The number of halogens is 1. The van der Waals surface area contributed by atoms with Gasteiger partial charge >= 0.3 is 0 Å². The van der Waals surface area contributed by atoms with Crippen molar-refractivity contribution in [2.45, 2.75) is 62.6 Å². The molecule has 43 heavy (non-hydrogen) atoms. The first-order valence-corrected chi connectivity index (χ1v) is 16.1. The number of ether oxygens (including phenoxy) is 2.